The molecule has 27 heavy (non-hydrogen) atoms. The normalized spacial score (nSPS) is 20.6. The first kappa shape index (κ1) is 19.7. The van der Waals surface area contributed by atoms with E-state index in [2.05, 4.69) is 28.1 Å². The molecule has 2 fully saturated rings. The Hall–Kier alpha value is -2.02. The van der Waals surface area contributed by atoms with Crippen molar-refractivity contribution >= 4 is 11.9 Å². The van der Waals surface area contributed by atoms with Gasteiger partial charge in [0, 0.05) is 39.6 Å². The third kappa shape index (κ3) is 5.25. The Labute approximate surface area is 162 Å². The highest BCUT2D eigenvalue weighted by atomic mass is 16.3. The Balaban J connectivity index is 1.69. The molecule has 1 atom stereocenters. The number of piperazine rings is 1. The van der Waals surface area contributed by atoms with Gasteiger partial charge in [-0.15, -0.1) is 0 Å². The molecule has 1 N–H and O–H groups in total. The topological polar surface area (TPSA) is 64.3 Å². The Morgan fingerprint density at radius 1 is 1.15 bits per heavy atom. The summed E-state index contributed by atoms with van der Waals surface area (Å²) >= 11 is 0. The number of hydrogen-bond acceptors (Lipinski definition) is 4. The fourth-order valence-corrected chi connectivity index (χ4v) is 3.93. The van der Waals surface area contributed by atoms with Gasteiger partial charge in [0.2, 0.25) is 5.91 Å². The standard InChI is InChI=1S/C20H33N5O2/c1-3-21-20(25-13-11-23(12-14-25)17(2)26)22-16-18(19-8-7-15-27-19)24-9-5-4-6-10-24/h7-8,15,18H,3-6,9-14,16H2,1-2H3,(H,21,22). The number of rotatable bonds is 5. The quantitative estimate of drug-likeness (QED) is 0.629. The highest BCUT2D eigenvalue weighted by Gasteiger charge is 2.26. The summed E-state index contributed by atoms with van der Waals surface area (Å²) in [7, 11) is 0. The third-order valence-electron chi connectivity index (χ3n) is 5.48. The predicted octanol–water partition coefficient (Wildman–Crippen LogP) is 1.94. The van der Waals surface area contributed by atoms with E-state index in [4.69, 9.17) is 9.41 Å². The molecule has 3 heterocycles. The van der Waals surface area contributed by atoms with Crippen molar-refractivity contribution < 1.29 is 9.21 Å². The Bertz CT molecular complexity index is 602. The molecule has 1 amide bonds. The van der Waals surface area contributed by atoms with Crippen LogP contribution < -0.4 is 5.32 Å². The summed E-state index contributed by atoms with van der Waals surface area (Å²) in [6, 6.07) is 4.21. The maximum atomic E-state index is 11.6. The van der Waals surface area contributed by atoms with Crippen molar-refractivity contribution in [3.8, 4) is 0 Å². The zero-order valence-corrected chi connectivity index (χ0v) is 16.7. The van der Waals surface area contributed by atoms with Crippen molar-refractivity contribution in [1.29, 1.82) is 0 Å². The smallest absolute Gasteiger partial charge is 0.219 e. The van der Waals surface area contributed by atoms with E-state index in [1.54, 1.807) is 13.2 Å². The number of aliphatic imine (C=N–C) groups is 1. The first-order valence-electron chi connectivity index (χ1n) is 10.2. The average Bonchev–Trinajstić information content (AvgIpc) is 3.23. The van der Waals surface area contributed by atoms with Gasteiger partial charge in [0.05, 0.1) is 18.8 Å². The minimum absolute atomic E-state index is 0.152. The number of likely N-dealkylation sites (tertiary alicyclic amines) is 1. The molecule has 150 valence electrons. The molecule has 0 spiro atoms. The van der Waals surface area contributed by atoms with E-state index in [-0.39, 0.29) is 11.9 Å². The van der Waals surface area contributed by atoms with Crippen molar-refractivity contribution in [2.75, 3.05) is 52.4 Å². The van der Waals surface area contributed by atoms with E-state index in [1.807, 2.05) is 11.0 Å². The second kappa shape index (κ2) is 9.78. The predicted molar refractivity (Wildman–Crippen MR) is 107 cm³/mol. The maximum Gasteiger partial charge on any atom is 0.219 e. The number of hydrogen-bond donors (Lipinski definition) is 1. The number of nitrogens with one attached hydrogen (secondary N) is 1. The molecule has 1 aromatic rings. The van der Waals surface area contributed by atoms with Crippen LogP contribution in [0.5, 0.6) is 0 Å². The maximum absolute atomic E-state index is 11.6. The molecule has 2 aliphatic heterocycles. The van der Waals surface area contributed by atoms with Gasteiger partial charge in [0.25, 0.3) is 0 Å². The lowest BCUT2D eigenvalue weighted by atomic mass is 10.1. The molecule has 2 aliphatic rings. The Kier molecular flexibility index (Phi) is 7.15. The lowest BCUT2D eigenvalue weighted by Crippen LogP contribution is -2.53. The van der Waals surface area contributed by atoms with Crippen molar-refractivity contribution in [2.24, 2.45) is 4.99 Å². The van der Waals surface area contributed by atoms with Gasteiger partial charge < -0.3 is 19.5 Å². The number of carbonyl (C=O) groups is 1. The van der Waals surface area contributed by atoms with Crippen LogP contribution in [0.25, 0.3) is 0 Å². The molecule has 3 rings (SSSR count). The summed E-state index contributed by atoms with van der Waals surface area (Å²) < 4.78 is 5.74. The van der Waals surface area contributed by atoms with E-state index in [9.17, 15) is 4.79 Å². The lowest BCUT2D eigenvalue weighted by molar-refractivity contribution is -0.130. The number of amides is 1. The first-order chi connectivity index (χ1) is 13.2. The molecule has 0 saturated carbocycles. The zero-order chi connectivity index (χ0) is 19.1. The van der Waals surface area contributed by atoms with E-state index >= 15 is 0 Å². The second-order valence-electron chi connectivity index (χ2n) is 7.32. The number of nitrogens with zero attached hydrogens (tertiary/aromatic N) is 4. The van der Waals surface area contributed by atoms with Crippen LogP contribution in [0.2, 0.25) is 0 Å². The van der Waals surface area contributed by atoms with Gasteiger partial charge in [-0.25, -0.2) is 0 Å². The van der Waals surface area contributed by atoms with Gasteiger partial charge >= 0.3 is 0 Å². The van der Waals surface area contributed by atoms with Crippen LogP contribution in [0.3, 0.4) is 0 Å². The minimum atomic E-state index is 0.152. The molecule has 1 unspecified atom stereocenters. The van der Waals surface area contributed by atoms with Crippen molar-refractivity contribution in [3.63, 3.8) is 0 Å². The highest BCUT2D eigenvalue weighted by Crippen LogP contribution is 2.25. The van der Waals surface area contributed by atoms with E-state index in [0.29, 0.717) is 6.54 Å². The summed E-state index contributed by atoms with van der Waals surface area (Å²) in [5.74, 6) is 2.09. The minimum Gasteiger partial charge on any atom is -0.468 e. The van der Waals surface area contributed by atoms with Crippen molar-refractivity contribution in [3.05, 3.63) is 24.2 Å². The monoisotopic (exact) mass is 375 g/mol. The summed E-state index contributed by atoms with van der Waals surface area (Å²) in [4.78, 5) is 23.2. The molecule has 0 bridgehead atoms. The van der Waals surface area contributed by atoms with Crippen LogP contribution in [0.4, 0.5) is 0 Å². The number of carbonyl (C=O) groups excluding carboxylic acids is 1. The number of furan rings is 1. The van der Waals surface area contributed by atoms with Gasteiger partial charge in [-0.1, -0.05) is 6.42 Å². The highest BCUT2D eigenvalue weighted by molar-refractivity contribution is 5.80. The number of guanidine groups is 1. The van der Waals surface area contributed by atoms with Gasteiger partial charge in [-0.2, -0.15) is 0 Å². The van der Waals surface area contributed by atoms with Gasteiger partial charge in [-0.3, -0.25) is 14.7 Å². The SMILES string of the molecule is CCNC(=NCC(c1ccco1)N1CCCCC1)N1CCN(C(C)=O)CC1. The first-order valence-corrected chi connectivity index (χ1v) is 10.2. The molecular weight excluding hydrogens is 342 g/mol. The summed E-state index contributed by atoms with van der Waals surface area (Å²) in [5.41, 5.74) is 0. The second-order valence-corrected chi connectivity index (χ2v) is 7.32. The van der Waals surface area contributed by atoms with Gasteiger partial charge in [0.1, 0.15) is 5.76 Å². The third-order valence-corrected chi connectivity index (χ3v) is 5.48. The molecule has 0 aromatic carbocycles. The number of piperidine rings is 1. The van der Waals surface area contributed by atoms with E-state index < -0.39 is 0 Å². The van der Waals surface area contributed by atoms with Gasteiger partial charge in [0.15, 0.2) is 5.96 Å². The lowest BCUT2D eigenvalue weighted by Gasteiger charge is -2.37. The van der Waals surface area contributed by atoms with Crippen molar-refractivity contribution in [1.82, 2.24) is 20.0 Å². The van der Waals surface area contributed by atoms with Gasteiger partial charge in [-0.05, 0) is 45.0 Å². The molecule has 1 aromatic heterocycles. The van der Waals surface area contributed by atoms with Crippen LogP contribution in [-0.2, 0) is 4.79 Å². The fraction of sp³-hybridized carbons (Fsp3) is 0.700. The summed E-state index contributed by atoms with van der Waals surface area (Å²) in [6.07, 6.45) is 5.55. The zero-order valence-electron chi connectivity index (χ0n) is 16.7. The Morgan fingerprint density at radius 2 is 1.85 bits per heavy atom. The summed E-state index contributed by atoms with van der Waals surface area (Å²) in [6.45, 7) is 10.6. The largest absolute Gasteiger partial charge is 0.468 e. The van der Waals surface area contributed by atoms with Crippen LogP contribution in [0, 0.1) is 0 Å². The van der Waals surface area contributed by atoms with E-state index in [1.165, 1.54) is 19.3 Å². The molecule has 7 nitrogen and oxygen atoms in total. The molecule has 2 saturated heterocycles. The Morgan fingerprint density at radius 3 is 2.44 bits per heavy atom. The van der Waals surface area contributed by atoms with E-state index in [0.717, 1.165) is 57.5 Å². The molecule has 0 aliphatic carbocycles. The van der Waals surface area contributed by atoms with Crippen LogP contribution in [0.15, 0.2) is 27.8 Å². The van der Waals surface area contributed by atoms with Crippen LogP contribution >= 0.6 is 0 Å². The average molecular weight is 376 g/mol. The van der Waals surface area contributed by atoms with Crippen LogP contribution in [0.1, 0.15) is 44.9 Å². The van der Waals surface area contributed by atoms with Crippen molar-refractivity contribution in [2.45, 2.75) is 39.2 Å². The summed E-state index contributed by atoms with van der Waals surface area (Å²) in [5, 5.41) is 3.42. The fourth-order valence-electron chi connectivity index (χ4n) is 3.93. The molecule has 7 heteroatoms. The molecule has 0 radical (unpaired) electrons. The molecular formula is C20H33N5O2. The van der Waals surface area contributed by atoms with Crippen LogP contribution in [-0.4, -0.2) is 78.9 Å².